The average molecular weight is 383 g/mol. The van der Waals surface area contributed by atoms with E-state index in [9.17, 15) is 5.11 Å². The zero-order chi connectivity index (χ0) is 19.0. The van der Waals surface area contributed by atoms with Gasteiger partial charge in [0.05, 0.1) is 24.7 Å². The van der Waals surface area contributed by atoms with E-state index < -0.39 is 0 Å². The zero-order valence-electron chi connectivity index (χ0n) is 15.0. The summed E-state index contributed by atoms with van der Waals surface area (Å²) in [5.41, 5.74) is 4.09. The van der Waals surface area contributed by atoms with Crippen LogP contribution in [0.3, 0.4) is 0 Å². The Hall–Kier alpha value is -2.90. The first-order valence-corrected chi connectivity index (χ1v) is 8.93. The molecule has 3 heterocycles. The molecule has 0 aliphatic carbocycles. The number of fused-ring (bicyclic) bond motifs is 1. The summed E-state index contributed by atoms with van der Waals surface area (Å²) in [4.78, 5) is 9.50. The third kappa shape index (κ3) is 3.51. The first-order chi connectivity index (χ1) is 13.0. The Kier molecular flexibility index (Phi) is 4.55. The maximum atomic E-state index is 9.29. The molecule has 138 valence electrons. The van der Waals surface area contributed by atoms with Gasteiger partial charge in [-0.3, -0.25) is 4.68 Å². The lowest BCUT2D eigenvalue weighted by Gasteiger charge is -2.07. The van der Waals surface area contributed by atoms with Crippen LogP contribution in [0, 0.1) is 0 Å². The van der Waals surface area contributed by atoms with Gasteiger partial charge in [-0.05, 0) is 19.1 Å². The fraction of sp³-hybridized carbons (Fsp3) is 0.211. The van der Waals surface area contributed by atoms with Crippen molar-refractivity contribution in [2.45, 2.75) is 13.0 Å². The normalized spacial score (nSPS) is 12.4. The number of nitrogens with zero attached hydrogens (tertiary/aromatic N) is 5. The van der Waals surface area contributed by atoms with Crippen molar-refractivity contribution in [2.75, 3.05) is 11.9 Å². The molecule has 0 spiro atoms. The van der Waals surface area contributed by atoms with Crippen molar-refractivity contribution in [3.8, 4) is 22.5 Å². The van der Waals surface area contributed by atoms with E-state index >= 15 is 0 Å². The van der Waals surface area contributed by atoms with Crippen LogP contribution in [0.15, 0.2) is 49.1 Å². The molecule has 0 saturated heterocycles. The van der Waals surface area contributed by atoms with Crippen molar-refractivity contribution in [3.05, 3.63) is 54.1 Å². The maximum Gasteiger partial charge on any atom is 0.166 e. The fourth-order valence-corrected chi connectivity index (χ4v) is 2.99. The van der Waals surface area contributed by atoms with Gasteiger partial charge in [0.2, 0.25) is 0 Å². The summed E-state index contributed by atoms with van der Waals surface area (Å²) in [6.45, 7) is 1.92. The molecule has 0 amide bonds. The van der Waals surface area contributed by atoms with Crippen molar-refractivity contribution in [2.24, 2.45) is 7.05 Å². The van der Waals surface area contributed by atoms with Gasteiger partial charge in [-0.15, -0.1) is 0 Å². The van der Waals surface area contributed by atoms with Crippen LogP contribution in [0.5, 0.6) is 0 Å². The van der Waals surface area contributed by atoms with Gasteiger partial charge in [0.15, 0.2) is 5.65 Å². The molecule has 0 radical (unpaired) electrons. The maximum absolute atomic E-state index is 9.29. The first kappa shape index (κ1) is 17.5. The van der Waals surface area contributed by atoms with E-state index in [1.54, 1.807) is 10.9 Å². The Bertz CT molecular complexity index is 1090. The molecule has 4 aromatic rings. The standard InChI is InChI=1S/C19H19ClN6O/c1-12(11-27)22-17-10-26-9-16(13-3-5-15(20)6-4-13)23-18(19(26)24-17)14-7-21-25(2)8-14/h3-10,12,22,27H,11H2,1-2H3/t12-/m0/s1. The van der Waals surface area contributed by atoms with E-state index in [4.69, 9.17) is 16.6 Å². The monoisotopic (exact) mass is 382 g/mol. The Morgan fingerprint density at radius 2 is 1.89 bits per heavy atom. The van der Waals surface area contributed by atoms with Crippen molar-refractivity contribution in [1.82, 2.24) is 24.1 Å². The van der Waals surface area contributed by atoms with Crippen LogP contribution >= 0.6 is 11.6 Å². The summed E-state index contributed by atoms with van der Waals surface area (Å²) < 4.78 is 3.67. The minimum absolute atomic E-state index is 0.0254. The molecular weight excluding hydrogens is 364 g/mol. The molecule has 0 aliphatic heterocycles. The van der Waals surface area contributed by atoms with Gasteiger partial charge in [0, 0.05) is 41.6 Å². The number of hydrogen-bond donors (Lipinski definition) is 2. The highest BCUT2D eigenvalue weighted by molar-refractivity contribution is 6.30. The molecule has 0 fully saturated rings. The Morgan fingerprint density at radius 1 is 1.11 bits per heavy atom. The summed E-state index contributed by atoms with van der Waals surface area (Å²) in [6, 6.07) is 7.47. The molecule has 0 aliphatic rings. The number of nitrogens with one attached hydrogen (secondary N) is 1. The second-order valence-corrected chi connectivity index (χ2v) is 6.91. The molecule has 3 aromatic heterocycles. The topological polar surface area (TPSA) is 80.3 Å². The van der Waals surface area contributed by atoms with Crippen molar-refractivity contribution >= 4 is 23.1 Å². The highest BCUT2D eigenvalue weighted by atomic mass is 35.5. The van der Waals surface area contributed by atoms with Gasteiger partial charge in [0.25, 0.3) is 0 Å². The number of halogens is 1. The van der Waals surface area contributed by atoms with Crippen LogP contribution in [-0.2, 0) is 7.05 Å². The van der Waals surface area contributed by atoms with Crippen LogP contribution < -0.4 is 5.32 Å². The second kappa shape index (κ2) is 7.02. The second-order valence-electron chi connectivity index (χ2n) is 6.47. The molecule has 2 N–H and O–H groups in total. The minimum Gasteiger partial charge on any atom is -0.394 e. The third-order valence-electron chi connectivity index (χ3n) is 4.22. The fourth-order valence-electron chi connectivity index (χ4n) is 2.86. The number of aryl methyl sites for hydroxylation is 1. The number of imidazole rings is 1. The number of aliphatic hydroxyl groups is 1. The van der Waals surface area contributed by atoms with Gasteiger partial charge in [-0.2, -0.15) is 5.10 Å². The quantitative estimate of drug-likeness (QED) is 0.554. The molecule has 7 nitrogen and oxygen atoms in total. The molecule has 1 aromatic carbocycles. The molecule has 0 bridgehead atoms. The molecule has 4 rings (SSSR count). The average Bonchev–Trinajstić information content (AvgIpc) is 3.27. The predicted molar refractivity (Wildman–Crippen MR) is 106 cm³/mol. The van der Waals surface area contributed by atoms with Crippen molar-refractivity contribution in [1.29, 1.82) is 0 Å². The predicted octanol–water partition coefficient (Wildman–Crippen LogP) is 3.24. The first-order valence-electron chi connectivity index (χ1n) is 8.55. The van der Waals surface area contributed by atoms with E-state index in [1.807, 2.05) is 61.2 Å². The Labute approximate surface area is 161 Å². The van der Waals surface area contributed by atoms with Crippen LogP contribution in [-0.4, -0.2) is 41.9 Å². The van der Waals surface area contributed by atoms with E-state index in [0.29, 0.717) is 16.5 Å². The Balaban J connectivity index is 1.89. The van der Waals surface area contributed by atoms with Gasteiger partial charge in [-0.1, -0.05) is 23.7 Å². The van der Waals surface area contributed by atoms with Crippen LogP contribution in [0.25, 0.3) is 28.2 Å². The lowest BCUT2D eigenvalue weighted by molar-refractivity contribution is 0.281. The lowest BCUT2D eigenvalue weighted by atomic mass is 10.1. The molecule has 1 atom stereocenters. The number of hydrogen-bond acceptors (Lipinski definition) is 5. The number of anilines is 1. The van der Waals surface area contributed by atoms with Gasteiger partial charge < -0.3 is 14.8 Å². The number of rotatable bonds is 5. The number of benzene rings is 1. The van der Waals surface area contributed by atoms with E-state index in [2.05, 4.69) is 15.4 Å². The molecule has 0 unspecified atom stereocenters. The van der Waals surface area contributed by atoms with Crippen molar-refractivity contribution < 1.29 is 5.11 Å². The van der Waals surface area contributed by atoms with Crippen LogP contribution in [0.2, 0.25) is 5.02 Å². The van der Waals surface area contributed by atoms with Gasteiger partial charge in [0.1, 0.15) is 11.5 Å². The summed E-state index contributed by atoms with van der Waals surface area (Å²) >= 11 is 6.01. The number of aliphatic hydroxyl groups excluding tert-OH is 1. The highest BCUT2D eigenvalue weighted by Crippen LogP contribution is 2.28. The summed E-state index contributed by atoms with van der Waals surface area (Å²) in [5.74, 6) is 0.678. The third-order valence-corrected chi connectivity index (χ3v) is 4.48. The Morgan fingerprint density at radius 3 is 2.56 bits per heavy atom. The molecule has 27 heavy (non-hydrogen) atoms. The van der Waals surface area contributed by atoms with E-state index in [0.717, 1.165) is 22.5 Å². The SMILES string of the molecule is C[C@@H](CO)Nc1cn2cc(-c3ccc(Cl)cc3)nc(-c3cnn(C)c3)c2n1. The van der Waals surface area contributed by atoms with E-state index in [-0.39, 0.29) is 12.6 Å². The molecule has 8 heteroatoms. The summed E-state index contributed by atoms with van der Waals surface area (Å²) in [7, 11) is 1.87. The summed E-state index contributed by atoms with van der Waals surface area (Å²) in [6.07, 6.45) is 7.50. The van der Waals surface area contributed by atoms with E-state index in [1.165, 1.54) is 0 Å². The summed E-state index contributed by atoms with van der Waals surface area (Å²) in [5, 5.41) is 17.4. The van der Waals surface area contributed by atoms with Crippen LogP contribution in [0.1, 0.15) is 6.92 Å². The number of aromatic nitrogens is 5. The van der Waals surface area contributed by atoms with Gasteiger partial charge in [-0.25, -0.2) is 9.97 Å². The van der Waals surface area contributed by atoms with Crippen LogP contribution in [0.4, 0.5) is 5.82 Å². The van der Waals surface area contributed by atoms with Gasteiger partial charge >= 0.3 is 0 Å². The molecule has 0 saturated carbocycles. The smallest absolute Gasteiger partial charge is 0.166 e. The lowest BCUT2D eigenvalue weighted by Crippen LogP contribution is -2.19. The molecular formula is C19H19ClN6O. The minimum atomic E-state index is -0.0968. The van der Waals surface area contributed by atoms with Crippen molar-refractivity contribution in [3.63, 3.8) is 0 Å². The largest absolute Gasteiger partial charge is 0.394 e. The zero-order valence-corrected chi connectivity index (χ0v) is 15.7. The highest BCUT2D eigenvalue weighted by Gasteiger charge is 2.15.